The summed E-state index contributed by atoms with van der Waals surface area (Å²) in [5, 5.41) is 3.70. The Morgan fingerprint density at radius 3 is 2.06 bits per heavy atom. The third kappa shape index (κ3) is 4.39. The fraction of sp³-hybridized carbons (Fsp3) is 0.154. The average Bonchev–Trinajstić information content (AvgIpc) is 2.87. The average molecular weight is 444 g/mol. The molecule has 1 heterocycles. The fourth-order valence-electron chi connectivity index (χ4n) is 3.62. The molecule has 0 spiro atoms. The van der Waals surface area contributed by atoms with Gasteiger partial charge in [-0.05, 0) is 36.4 Å². The van der Waals surface area contributed by atoms with Gasteiger partial charge < -0.3 is 24.3 Å². The Morgan fingerprint density at radius 2 is 1.45 bits per heavy atom. The Hall–Kier alpha value is -4.26. The number of hydrogen-bond acceptors (Lipinski definition) is 6. The molecule has 0 fully saturated rings. The minimum atomic E-state index is -0.280. The van der Waals surface area contributed by atoms with Crippen LogP contribution in [0.1, 0.15) is 10.4 Å². The van der Waals surface area contributed by atoms with Crippen molar-refractivity contribution < 1.29 is 23.7 Å². The van der Waals surface area contributed by atoms with Gasteiger partial charge in [0.05, 0.1) is 45.2 Å². The zero-order valence-electron chi connectivity index (χ0n) is 18.8. The van der Waals surface area contributed by atoms with E-state index in [1.54, 1.807) is 25.3 Å². The molecule has 1 N–H and O–H groups in total. The van der Waals surface area contributed by atoms with E-state index in [1.165, 1.54) is 21.3 Å². The number of carbonyl (C=O) groups excluding carboxylic acids is 1. The van der Waals surface area contributed by atoms with E-state index < -0.39 is 0 Å². The maximum atomic E-state index is 13.4. The van der Waals surface area contributed by atoms with Crippen LogP contribution in [0.5, 0.6) is 23.0 Å². The quantitative estimate of drug-likeness (QED) is 0.423. The van der Waals surface area contributed by atoms with Gasteiger partial charge in [0.15, 0.2) is 11.5 Å². The molecule has 0 aliphatic heterocycles. The Morgan fingerprint density at radius 1 is 0.788 bits per heavy atom. The molecule has 1 amide bonds. The number of pyridine rings is 1. The first-order chi connectivity index (χ1) is 16.1. The van der Waals surface area contributed by atoms with Crippen molar-refractivity contribution in [1.82, 2.24) is 4.98 Å². The Labute approximate surface area is 191 Å². The number of benzene rings is 3. The van der Waals surface area contributed by atoms with Crippen LogP contribution in [-0.2, 0) is 0 Å². The molecule has 0 aliphatic rings. The lowest BCUT2D eigenvalue weighted by atomic mass is 10.0. The van der Waals surface area contributed by atoms with E-state index in [0.717, 1.165) is 22.2 Å². The predicted molar refractivity (Wildman–Crippen MR) is 128 cm³/mol. The van der Waals surface area contributed by atoms with Crippen LogP contribution in [0, 0.1) is 0 Å². The number of para-hydroxylation sites is 1. The van der Waals surface area contributed by atoms with Gasteiger partial charge in [0, 0.05) is 28.8 Å². The second-order valence-electron chi connectivity index (χ2n) is 7.17. The molecule has 0 radical (unpaired) electrons. The smallest absolute Gasteiger partial charge is 0.256 e. The van der Waals surface area contributed by atoms with E-state index in [-0.39, 0.29) is 5.91 Å². The van der Waals surface area contributed by atoms with Gasteiger partial charge in [-0.2, -0.15) is 0 Å². The first kappa shape index (κ1) is 22.0. The van der Waals surface area contributed by atoms with Crippen molar-refractivity contribution in [3.8, 4) is 34.3 Å². The van der Waals surface area contributed by atoms with Crippen molar-refractivity contribution in [2.45, 2.75) is 0 Å². The van der Waals surface area contributed by atoms with Gasteiger partial charge in [-0.25, -0.2) is 4.98 Å². The molecular weight excluding hydrogens is 420 g/mol. The van der Waals surface area contributed by atoms with Crippen molar-refractivity contribution in [3.05, 3.63) is 72.3 Å². The van der Waals surface area contributed by atoms with Crippen LogP contribution in [-0.4, -0.2) is 39.3 Å². The normalized spacial score (nSPS) is 10.5. The topological polar surface area (TPSA) is 78.9 Å². The summed E-state index contributed by atoms with van der Waals surface area (Å²) in [5.41, 5.74) is 3.30. The lowest BCUT2D eigenvalue weighted by Gasteiger charge is -2.15. The van der Waals surface area contributed by atoms with Gasteiger partial charge in [0.1, 0.15) is 5.75 Å². The first-order valence-electron chi connectivity index (χ1n) is 10.2. The van der Waals surface area contributed by atoms with Crippen LogP contribution in [0.15, 0.2) is 66.7 Å². The molecule has 4 rings (SSSR count). The lowest BCUT2D eigenvalue weighted by molar-refractivity contribution is 0.102. The number of nitrogens with one attached hydrogen (secondary N) is 1. The molecule has 0 atom stereocenters. The molecular formula is C26H24N2O5. The molecule has 0 aliphatic carbocycles. The Kier molecular flexibility index (Phi) is 6.31. The molecule has 168 valence electrons. The third-order valence-corrected chi connectivity index (χ3v) is 5.27. The molecule has 0 saturated carbocycles. The number of aromatic nitrogens is 1. The van der Waals surface area contributed by atoms with Gasteiger partial charge in [-0.3, -0.25) is 4.79 Å². The number of rotatable bonds is 7. The summed E-state index contributed by atoms with van der Waals surface area (Å²) in [6, 6.07) is 20.3. The summed E-state index contributed by atoms with van der Waals surface area (Å²) < 4.78 is 21.4. The Balaban J connectivity index is 1.76. The van der Waals surface area contributed by atoms with Crippen LogP contribution in [0.25, 0.3) is 22.2 Å². The van der Waals surface area contributed by atoms with E-state index in [9.17, 15) is 4.79 Å². The van der Waals surface area contributed by atoms with Crippen LogP contribution >= 0.6 is 0 Å². The molecule has 0 saturated heterocycles. The molecule has 7 nitrogen and oxygen atoms in total. The predicted octanol–water partition coefficient (Wildman–Crippen LogP) is 5.19. The number of amides is 1. The largest absolute Gasteiger partial charge is 0.497 e. The number of nitrogens with zero attached hydrogens (tertiary/aromatic N) is 1. The first-order valence-corrected chi connectivity index (χ1v) is 10.2. The molecule has 3 aromatic carbocycles. The van der Waals surface area contributed by atoms with E-state index in [1.807, 2.05) is 48.5 Å². The minimum Gasteiger partial charge on any atom is -0.497 e. The van der Waals surface area contributed by atoms with Gasteiger partial charge in [-0.15, -0.1) is 0 Å². The summed E-state index contributed by atoms with van der Waals surface area (Å²) in [5.74, 6) is 1.82. The van der Waals surface area contributed by atoms with Crippen LogP contribution in [0.2, 0.25) is 0 Å². The summed E-state index contributed by atoms with van der Waals surface area (Å²) in [6.07, 6.45) is 0. The van der Waals surface area contributed by atoms with E-state index in [4.69, 9.17) is 23.9 Å². The van der Waals surface area contributed by atoms with Gasteiger partial charge in [0.2, 0.25) is 5.75 Å². The van der Waals surface area contributed by atoms with Crippen molar-refractivity contribution in [2.75, 3.05) is 33.8 Å². The number of anilines is 1. The van der Waals surface area contributed by atoms with Gasteiger partial charge in [0.25, 0.3) is 5.91 Å². The second-order valence-corrected chi connectivity index (χ2v) is 7.17. The molecule has 0 bridgehead atoms. The summed E-state index contributed by atoms with van der Waals surface area (Å²) in [4.78, 5) is 18.1. The van der Waals surface area contributed by atoms with Gasteiger partial charge in [-0.1, -0.05) is 18.2 Å². The standard InChI is InChI=1S/C26H24N2O5/c1-30-18-11-9-16(10-12-18)22-15-20(19-7-5-6-8-21(19)28-22)26(29)27-17-13-23(31-2)25(33-4)24(14-17)32-3/h5-15H,1-4H3,(H,27,29). The van der Waals surface area contributed by atoms with Crippen LogP contribution < -0.4 is 24.3 Å². The van der Waals surface area contributed by atoms with Crippen molar-refractivity contribution in [1.29, 1.82) is 0 Å². The highest BCUT2D eigenvalue weighted by Gasteiger charge is 2.18. The third-order valence-electron chi connectivity index (χ3n) is 5.27. The van der Waals surface area contributed by atoms with Crippen molar-refractivity contribution in [2.24, 2.45) is 0 Å². The van der Waals surface area contributed by atoms with Crippen molar-refractivity contribution in [3.63, 3.8) is 0 Å². The summed E-state index contributed by atoms with van der Waals surface area (Å²) in [7, 11) is 6.21. The second kappa shape index (κ2) is 9.48. The molecule has 1 aromatic heterocycles. The number of fused-ring (bicyclic) bond motifs is 1. The lowest BCUT2D eigenvalue weighted by Crippen LogP contribution is -2.13. The Bertz CT molecular complexity index is 1280. The van der Waals surface area contributed by atoms with Crippen molar-refractivity contribution >= 4 is 22.5 Å². The maximum Gasteiger partial charge on any atom is 0.256 e. The highest BCUT2D eigenvalue weighted by atomic mass is 16.5. The monoisotopic (exact) mass is 444 g/mol. The molecule has 7 heteroatoms. The van der Waals surface area contributed by atoms with E-state index >= 15 is 0 Å². The molecule has 4 aromatic rings. The summed E-state index contributed by atoms with van der Waals surface area (Å²) in [6.45, 7) is 0. The SMILES string of the molecule is COc1ccc(-c2cc(C(=O)Nc3cc(OC)c(OC)c(OC)c3)c3ccccc3n2)cc1. The maximum absolute atomic E-state index is 13.4. The highest BCUT2D eigenvalue weighted by molar-refractivity contribution is 6.13. The van der Waals surface area contributed by atoms with Gasteiger partial charge >= 0.3 is 0 Å². The fourth-order valence-corrected chi connectivity index (χ4v) is 3.62. The van der Waals surface area contributed by atoms with Crippen LogP contribution in [0.4, 0.5) is 5.69 Å². The van der Waals surface area contributed by atoms with E-state index in [0.29, 0.717) is 34.2 Å². The summed E-state index contributed by atoms with van der Waals surface area (Å²) >= 11 is 0. The highest BCUT2D eigenvalue weighted by Crippen LogP contribution is 2.40. The zero-order valence-corrected chi connectivity index (χ0v) is 18.8. The molecule has 33 heavy (non-hydrogen) atoms. The minimum absolute atomic E-state index is 0.280. The number of hydrogen-bond donors (Lipinski definition) is 1. The van der Waals surface area contributed by atoms with Crippen LogP contribution in [0.3, 0.4) is 0 Å². The molecule has 0 unspecified atom stereocenters. The number of methoxy groups -OCH3 is 4. The van der Waals surface area contributed by atoms with E-state index in [2.05, 4.69) is 5.32 Å². The number of carbonyl (C=O) groups is 1. The number of ether oxygens (including phenoxy) is 4. The zero-order chi connectivity index (χ0) is 23.4.